The zero-order chi connectivity index (χ0) is 17.4. The predicted molar refractivity (Wildman–Crippen MR) is 93.9 cm³/mol. The van der Waals surface area contributed by atoms with Crippen molar-refractivity contribution in [1.82, 2.24) is 20.7 Å². The number of rotatable bonds is 4. The first-order chi connectivity index (χ1) is 12.2. The predicted octanol–water partition coefficient (Wildman–Crippen LogP) is 2.87. The van der Waals surface area contributed by atoms with Crippen LogP contribution in [0.2, 0.25) is 0 Å². The maximum Gasteiger partial charge on any atom is 0.263 e. The van der Waals surface area contributed by atoms with Gasteiger partial charge in [-0.15, -0.1) is 5.53 Å². The number of nitrogens with zero attached hydrogens (tertiary/aromatic N) is 4. The molecule has 8 nitrogen and oxygen atoms in total. The molecule has 128 valence electrons. The first kappa shape index (κ1) is 15.4. The molecule has 0 fully saturated rings. The maximum absolute atomic E-state index is 5.40. The summed E-state index contributed by atoms with van der Waals surface area (Å²) in [6, 6.07) is 8.07. The van der Waals surface area contributed by atoms with E-state index in [2.05, 4.69) is 44.9 Å². The Labute approximate surface area is 144 Å². The molecule has 2 N–H and O–H groups in total. The van der Waals surface area contributed by atoms with Gasteiger partial charge in [-0.1, -0.05) is 5.16 Å². The summed E-state index contributed by atoms with van der Waals surface area (Å²) in [5.74, 6) is 1.52. The Morgan fingerprint density at radius 1 is 1.24 bits per heavy atom. The fourth-order valence-electron chi connectivity index (χ4n) is 2.74. The molecule has 25 heavy (non-hydrogen) atoms. The van der Waals surface area contributed by atoms with Crippen LogP contribution < -0.4 is 20.7 Å². The van der Waals surface area contributed by atoms with Gasteiger partial charge in [0, 0.05) is 24.0 Å². The summed E-state index contributed by atoms with van der Waals surface area (Å²) in [4.78, 5) is 8.57. The van der Waals surface area contributed by atoms with E-state index < -0.39 is 0 Å². The van der Waals surface area contributed by atoms with Gasteiger partial charge in [-0.25, -0.2) is 0 Å². The lowest BCUT2D eigenvalue weighted by molar-refractivity contribution is 0.405. The molecule has 0 aliphatic carbocycles. The van der Waals surface area contributed by atoms with Crippen LogP contribution in [-0.4, -0.2) is 28.3 Å². The Bertz CT molecular complexity index is 908. The number of methoxy groups -OCH3 is 1. The Hall–Kier alpha value is -3.13. The molecular weight excluding hydrogens is 320 g/mol. The highest BCUT2D eigenvalue weighted by Gasteiger charge is 2.22. The normalized spacial score (nSPS) is 13.0. The average molecular weight is 338 g/mol. The number of nitrogens with one attached hydrogen (secondary N) is 2. The van der Waals surface area contributed by atoms with Gasteiger partial charge in [0.15, 0.2) is 0 Å². The van der Waals surface area contributed by atoms with E-state index in [9.17, 15) is 0 Å². The lowest BCUT2D eigenvalue weighted by Crippen LogP contribution is -2.41. The number of hydrogen-bond donors (Lipinski definition) is 2. The third-order valence-electron chi connectivity index (χ3n) is 4.00. The van der Waals surface area contributed by atoms with Gasteiger partial charge < -0.3 is 14.7 Å². The van der Waals surface area contributed by atoms with E-state index in [1.807, 2.05) is 18.2 Å². The van der Waals surface area contributed by atoms with Crippen LogP contribution in [0.1, 0.15) is 13.8 Å². The van der Waals surface area contributed by atoms with Gasteiger partial charge in [0.25, 0.3) is 5.89 Å². The van der Waals surface area contributed by atoms with Crippen molar-refractivity contribution in [3.05, 3.63) is 36.7 Å². The SMILES string of the molecule is COc1ccncc1-c1nc(-c2ccc3c(c2)NNN3C(C)C)no1. The summed E-state index contributed by atoms with van der Waals surface area (Å²) in [6.07, 6.45) is 3.30. The smallest absolute Gasteiger partial charge is 0.263 e. The van der Waals surface area contributed by atoms with E-state index in [4.69, 9.17) is 9.26 Å². The molecule has 0 saturated heterocycles. The lowest BCUT2D eigenvalue weighted by Gasteiger charge is -2.21. The minimum Gasteiger partial charge on any atom is -0.496 e. The van der Waals surface area contributed by atoms with E-state index >= 15 is 0 Å². The number of anilines is 2. The maximum atomic E-state index is 5.40. The van der Waals surface area contributed by atoms with Gasteiger partial charge in [0.05, 0.1) is 18.5 Å². The highest BCUT2D eigenvalue weighted by molar-refractivity contribution is 5.79. The zero-order valence-corrected chi connectivity index (χ0v) is 14.1. The van der Waals surface area contributed by atoms with Crippen molar-refractivity contribution in [3.63, 3.8) is 0 Å². The quantitative estimate of drug-likeness (QED) is 0.751. The molecule has 0 bridgehead atoms. The van der Waals surface area contributed by atoms with Gasteiger partial charge in [0.1, 0.15) is 11.3 Å². The fraction of sp³-hybridized carbons (Fsp3) is 0.235. The second-order valence-corrected chi connectivity index (χ2v) is 5.93. The fourth-order valence-corrected chi connectivity index (χ4v) is 2.74. The van der Waals surface area contributed by atoms with Crippen LogP contribution in [0.15, 0.2) is 41.2 Å². The van der Waals surface area contributed by atoms with Crippen molar-refractivity contribution in [2.75, 3.05) is 17.5 Å². The summed E-state index contributed by atoms with van der Waals surface area (Å²) in [5, 5.41) is 6.14. The van der Waals surface area contributed by atoms with Crippen molar-refractivity contribution in [3.8, 4) is 28.6 Å². The van der Waals surface area contributed by atoms with Crippen molar-refractivity contribution < 1.29 is 9.26 Å². The van der Waals surface area contributed by atoms with Crippen molar-refractivity contribution in [1.29, 1.82) is 0 Å². The largest absolute Gasteiger partial charge is 0.496 e. The lowest BCUT2D eigenvalue weighted by atomic mass is 10.1. The summed E-state index contributed by atoms with van der Waals surface area (Å²) in [7, 11) is 1.59. The van der Waals surface area contributed by atoms with Crippen LogP contribution in [0.5, 0.6) is 5.75 Å². The first-order valence-electron chi connectivity index (χ1n) is 7.95. The molecule has 4 rings (SSSR count). The molecule has 0 unspecified atom stereocenters. The average Bonchev–Trinajstić information content (AvgIpc) is 3.28. The molecular formula is C17H18N6O2. The van der Waals surface area contributed by atoms with Crippen molar-refractivity contribution in [2.24, 2.45) is 0 Å². The molecule has 1 aromatic carbocycles. The Morgan fingerprint density at radius 3 is 2.92 bits per heavy atom. The number of fused-ring (bicyclic) bond motifs is 1. The highest BCUT2D eigenvalue weighted by atomic mass is 16.5. The van der Waals surface area contributed by atoms with Crippen LogP contribution in [-0.2, 0) is 0 Å². The Kier molecular flexibility index (Phi) is 3.73. The molecule has 3 aromatic rings. The van der Waals surface area contributed by atoms with Gasteiger partial charge in [-0.2, -0.15) is 4.98 Å². The van der Waals surface area contributed by atoms with Crippen LogP contribution in [0.25, 0.3) is 22.8 Å². The third kappa shape index (κ3) is 2.66. The van der Waals surface area contributed by atoms with E-state index in [1.165, 1.54) is 0 Å². The molecule has 0 saturated carbocycles. The molecule has 0 amide bonds. The van der Waals surface area contributed by atoms with Crippen LogP contribution in [0.3, 0.4) is 0 Å². The number of pyridine rings is 1. The van der Waals surface area contributed by atoms with Gasteiger partial charge in [0.2, 0.25) is 5.82 Å². The second kappa shape index (κ2) is 6.06. The number of benzene rings is 1. The summed E-state index contributed by atoms with van der Waals surface area (Å²) >= 11 is 0. The van der Waals surface area contributed by atoms with E-state index in [0.29, 0.717) is 29.1 Å². The number of hydrazine groups is 2. The molecule has 1 aliphatic heterocycles. The number of ether oxygens (including phenoxy) is 1. The third-order valence-corrected chi connectivity index (χ3v) is 4.00. The van der Waals surface area contributed by atoms with Gasteiger partial charge >= 0.3 is 0 Å². The van der Waals surface area contributed by atoms with Crippen molar-refractivity contribution >= 4 is 11.4 Å². The Morgan fingerprint density at radius 2 is 2.12 bits per heavy atom. The summed E-state index contributed by atoms with van der Waals surface area (Å²) in [6.45, 7) is 4.23. The van der Waals surface area contributed by atoms with Crippen LogP contribution in [0, 0.1) is 0 Å². The summed E-state index contributed by atoms with van der Waals surface area (Å²) in [5.41, 5.74) is 9.87. The van der Waals surface area contributed by atoms with Gasteiger partial charge in [-0.05, 0) is 38.1 Å². The van der Waals surface area contributed by atoms with E-state index in [0.717, 1.165) is 16.9 Å². The van der Waals surface area contributed by atoms with E-state index in [-0.39, 0.29) is 0 Å². The minimum atomic E-state index is 0.328. The molecule has 2 aromatic heterocycles. The molecule has 0 spiro atoms. The molecule has 8 heteroatoms. The standard InChI is InChI=1S/C17H18N6O2/c1-10(2)23-14-5-4-11(8-13(14)20-22-23)16-19-17(25-21-16)12-9-18-7-6-15(12)24-3/h4-10,20,22H,1-3H3. The molecule has 1 aliphatic rings. The van der Waals surface area contributed by atoms with Crippen LogP contribution >= 0.6 is 0 Å². The molecule has 0 radical (unpaired) electrons. The van der Waals surface area contributed by atoms with Crippen LogP contribution in [0.4, 0.5) is 11.4 Å². The van der Waals surface area contributed by atoms with Gasteiger partial charge in [-0.3, -0.25) is 9.99 Å². The molecule has 3 heterocycles. The van der Waals surface area contributed by atoms with E-state index in [1.54, 1.807) is 25.6 Å². The Balaban J connectivity index is 1.67. The second-order valence-electron chi connectivity index (χ2n) is 5.93. The number of hydrogen-bond acceptors (Lipinski definition) is 8. The highest BCUT2D eigenvalue weighted by Crippen LogP contribution is 2.35. The first-order valence-corrected chi connectivity index (χ1v) is 7.95. The zero-order valence-electron chi connectivity index (χ0n) is 14.1. The minimum absolute atomic E-state index is 0.328. The summed E-state index contributed by atoms with van der Waals surface area (Å²) < 4.78 is 10.7. The number of aromatic nitrogens is 3. The monoisotopic (exact) mass is 338 g/mol. The topological polar surface area (TPSA) is 88.3 Å². The molecule has 0 atom stereocenters. The van der Waals surface area contributed by atoms with Crippen molar-refractivity contribution in [2.45, 2.75) is 19.9 Å².